The molecule has 1 saturated carbocycles. The molecular weight excluding hydrogens is 258 g/mol. The predicted molar refractivity (Wildman–Crippen MR) is 80.5 cm³/mol. The molecule has 0 aromatic rings. The summed E-state index contributed by atoms with van der Waals surface area (Å²) in [5, 5.41) is 0. The van der Waals surface area contributed by atoms with Crippen LogP contribution >= 0.6 is 0 Å². The molecule has 1 aliphatic carbocycles. The Bertz CT molecular complexity index is 247. The van der Waals surface area contributed by atoms with Gasteiger partial charge in [-0.25, -0.2) is 8.78 Å². The summed E-state index contributed by atoms with van der Waals surface area (Å²) in [5.41, 5.74) is 0. The molecule has 0 aromatic heterocycles. The SMILES string of the molecule is CCCC(C)CCCCCC1CCC(OC)C(F)C1F. The van der Waals surface area contributed by atoms with Crippen molar-refractivity contribution in [2.24, 2.45) is 11.8 Å². The lowest BCUT2D eigenvalue weighted by Crippen LogP contribution is -2.42. The number of alkyl halides is 2. The van der Waals surface area contributed by atoms with E-state index in [9.17, 15) is 8.78 Å². The highest BCUT2D eigenvalue weighted by Crippen LogP contribution is 2.34. The van der Waals surface area contributed by atoms with Crippen LogP contribution in [0.1, 0.15) is 71.6 Å². The van der Waals surface area contributed by atoms with Gasteiger partial charge >= 0.3 is 0 Å². The molecule has 20 heavy (non-hydrogen) atoms. The quantitative estimate of drug-likeness (QED) is 0.511. The van der Waals surface area contributed by atoms with Gasteiger partial charge in [0.1, 0.15) is 6.17 Å². The fourth-order valence-corrected chi connectivity index (χ4v) is 3.43. The van der Waals surface area contributed by atoms with Crippen LogP contribution in [0.2, 0.25) is 0 Å². The monoisotopic (exact) mass is 290 g/mol. The van der Waals surface area contributed by atoms with Crippen LogP contribution in [-0.4, -0.2) is 25.6 Å². The normalized spacial score (nSPS) is 32.2. The van der Waals surface area contributed by atoms with E-state index < -0.39 is 18.4 Å². The molecule has 0 heterocycles. The number of hydrogen-bond acceptors (Lipinski definition) is 1. The zero-order valence-corrected chi connectivity index (χ0v) is 13.4. The van der Waals surface area contributed by atoms with E-state index in [1.54, 1.807) is 0 Å². The van der Waals surface area contributed by atoms with Crippen LogP contribution in [-0.2, 0) is 4.74 Å². The molecule has 5 atom stereocenters. The molecule has 0 saturated heterocycles. The van der Waals surface area contributed by atoms with Gasteiger partial charge in [0.25, 0.3) is 0 Å². The number of rotatable bonds is 9. The number of unbranched alkanes of at least 4 members (excludes halogenated alkanes) is 2. The van der Waals surface area contributed by atoms with Crippen molar-refractivity contribution in [3.63, 3.8) is 0 Å². The molecule has 0 radical (unpaired) electrons. The van der Waals surface area contributed by atoms with E-state index in [4.69, 9.17) is 4.74 Å². The Morgan fingerprint density at radius 2 is 1.80 bits per heavy atom. The molecular formula is C17H32F2O. The van der Waals surface area contributed by atoms with E-state index in [1.165, 1.54) is 32.8 Å². The van der Waals surface area contributed by atoms with Gasteiger partial charge in [-0.2, -0.15) is 0 Å². The Labute approximate surface area is 123 Å². The Morgan fingerprint density at radius 1 is 1.05 bits per heavy atom. The first-order valence-electron chi connectivity index (χ1n) is 8.41. The Hall–Kier alpha value is -0.180. The average molecular weight is 290 g/mol. The smallest absolute Gasteiger partial charge is 0.157 e. The van der Waals surface area contributed by atoms with Crippen LogP contribution in [0.5, 0.6) is 0 Å². The fraction of sp³-hybridized carbons (Fsp3) is 1.00. The van der Waals surface area contributed by atoms with Crippen molar-refractivity contribution in [1.82, 2.24) is 0 Å². The molecule has 0 aliphatic heterocycles. The van der Waals surface area contributed by atoms with Gasteiger partial charge in [0.05, 0.1) is 6.10 Å². The Balaban J connectivity index is 2.13. The predicted octanol–water partition coefficient (Wildman–Crippen LogP) is 5.47. The largest absolute Gasteiger partial charge is 0.378 e. The van der Waals surface area contributed by atoms with Gasteiger partial charge in [0.15, 0.2) is 6.17 Å². The van der Waals surface area contributed by atoms with Crippen LogP contribution in [0.15, 0.2) is 0 Å². The first-order chi connectivity index (χ1) is 9.60. The summed E-state index contributed by atoms with van der Waals surface area (Å²) in [6.45, 7) is 4.53. The number of methoxy groups -OCH3 is 1. The lowest BCUT2D eigenvalue weighted by atomic mass is 9.81. The number of hydrogen-bond donors (Lipinski definition) is 0. The third kappa shape index (κ3) is 5.67. The van der Waals surface area contributed by atoms with Crippen molar-refractivity contribution in [2.45, 2.75) is 90.1 Å². The minimum absolute atomic E-state index is 0.0931. The first kappa shape index (κ1) is 17.9. The summed E-state index contributed by atoms with van der Waals surface area (Å²) >= 11 is 0. The topological polar surface area (TPSA) is 9.23 Å². The summed E-state index contributed by atoms with van der Waals surface area (Å²) in [6, 6.07) is 0. The van der Waals surface area contributed by atoms with Gasteiger partial charge < -0.3 is 4.74 Å². The zero-order chi connectivity index (χ0) is 15.0. The Morgan fingerprint density at radius 3 is 2.45 bits per heavy atom. The molecule has 120 valence electrons. The molecule has 0 amide bonds. The molecule has 0 aromatic carbocycles. The third-order valence-electron chi connectivity index (χ3n) is 4.79. The van der Waals surface area contributed by atoms with Crippen LogP contribution in [0.4, 0.5) is 8.78 Å². The average Bonchev–Trinajstić information content (AvgIpc) is 2.43. The second-order valence-corrected chi connectivity index (χ2v) is 6.53. The van der Waals surface area contributed by atoms with Crippen molar-refractivity contribution >= 4 is 0 Å². The summed E-state index contributed by atoms with van der Waals surface area (Å²) in [4.78, 5) is 0. The molecule has 5 unspecified atom stereocenters. The lowest BCUT2D eigenvalue weighted by Gasteiger charge is -2.34. The molecule has 1 nitrogen and oxygen atoms in total. The van der Waals surface area contributed by atoms with Crippen molar-refractivity contribution in [3.8, 4) is 0 Å². The van der Waals surface area contributed by atoms with Crippen LogP contribution in [0.3, 0.4) is 0 Å². The highest BCUT2D eigenvalue weighted by molar-refractivity contribution is 4.88. The first-order valence-corrected chi connectivity index (χ1v) is 8.41. The lowest BCUT2D eigenvalue weighted by molar-refractivity contribution is -0.0575. The fourth-order valence-electron chi connectivity index (χ4n) is 3.43. The zero-order valence-electron chi connectivity index (χ0n) is 13.4. The van der Waals surface area contributed by atoms with Crippen molar-refractivity contribution < 1.29 is 13.5 Å². The summed E-state index contributed by atoms with van der Waals surface area (Å²) in [5.74, 6) is 0.714. The summed E-state index contributed by atoms with van der Waals surface area (Å²) in [7, 11) is 1.47. The number of halogens is 2. The molecule has 1 rings (SSSR count). The van der Waals surface area contributed by atoms with Gasteiger partial charge in [-0.1, -0.05) is 52.4 Å². The number of ether oxygens (including phenoxy) is 1. The van der Waals surface area contributed by atoms with E-state index in [2.05, 4.69) is 13.8 Å². The van der Waals surface area contributed by atoms with E-state index >= 15 is 0 Å². The molecule has 0 spiro atoms. The van der Waals surface area contributed by atoms with Crippen LogP contribution in [0, 0.1) is 11.8 Å². The van der Waals surface area contributed by atoms with E-state index in [-0.39, 0.29) is 5.92 Å². The minimum atomic E-state index is -1.43. The van der Waals surface area contributed by atoms with Gasteiger partial charge in [-0.15, -0.1) is 0 Å². The second-order valence-electron chi connectivity index (χ2n) is 6.53. The standard InChI is InChI=1S/C17H32F2O/c1-4-8-13(2)9-6-5-7-10-14-11-12-15(20-3)17(19)16(14)18/h13-17H,4-12H2,1-3H3. The maximum atomic E-state index is 14.0. The minimum Gasteiger partial charge on any atom is -0.378 e. The molecule has 3 heteroatoms. The van der Waals surface area contributed by atoms with Gasteiger partial charge in [-0.05, 0) is 31.1 Å². The molecule has 0 N–H and O–H groups in total. The van der Waals surface area contributed by atoms with Gasteiger partial charge in [0, 0.05) is 7.11 Å². The third-order valence-corrected chi connectivity index (χ3v) is 4.79. The van der Waals surface area contributed by atoms with E-state index in [0.29, 0.717) is 6.42 Å². The highest BCUT2D eigenvalue weighted by atomic mass is 19.2. The van der Waals surface area contributed by atoms with Crippen LogP contribution < -0.4 is 0 Å². The van der Waals surface area contributed by atoms with E-state index in [1.807, 2.05) is 0 Å². The van der Waals surface area contributed by atoms with Crippen LogP contribution in [0.25, 0.3) is 0 Å². The summed E-state index contributed by atoms with van der Waals surface area (Å²) in [6.07, 6.45) is 6.23. The molecule has 1 fully saturated rings. The van der Waals surface area contributed by atoms with Gasteiger partial charge in [-0.3, -0.25) is 0 Å². The van der Waals surface area contributed by atoms with Crippen molar-refractivity contribution in [1.29, 1.82) is 0 Å². The maximum Gasteiger partial charge on any atom is 0.157 e. The summed E-state index contributed by atoms with van der Waals surface area (Å²) < 4.78 is 32.7. The molecule has 1 aliphatic rings. The Kier molecular flexibility index (Phi) is 8.67. The van der Waals surface area contributed by atoms with Crippen molar-refractivity contribution in [3.05, 3.63) is 0 Å². The van der Waals surface area contributed by atoms with Gasteiger partial charge in [0.2, 0.25) is 0 Å². The van der Waals surface area contributed by atoms with Crippen molar-refractivity contribution in [2.75, 3.05) is 7.11 Å². The van der Waals surface area contributed by atoms with E-state index in [0.717, 1.165) is 31.6 Å². The molecule has 0 bridgehead atoms. The highest BCUT2D eigenvalue weighted by Gasteiger charge is 2.39. The second kappa shape index (κ2) is 9.70. The maximum absolute atomic E-state index is 14.0.